The highest BCUT2D eigenvalue weighted by Gasteiger charge is 2.45. The Bertz CT molecular complexity index is 888. The Morgan fingerprint density at radius 1 is 1.22 bits per heavy atom. The quantitative estimate of drug-likeness (QED) is 0.772. The molecule has 0 spiro atoms. The van der Waals surface area contributed by atoms with E-state index >= 15 is 0 Å². The number of piperidine rings is 1. The third-order valence-electron chi connectivity index (χ3n) is 6.13. The van der Waals surface area contributed by atoms with Crippen molar-refractivity contribution in [2.45, 2.75) is 36.6 Å². The first-order valence-electron chi connectivity index (χ1n) is 9.55. The largest absolute Gasteiger partial charge is 0.399 e. The lowest BCUT2D eigenvalue weighted by atomic mass is 9.89. The Balaban J connectivity index is 1.57. The maximum Gasteiger partial charge on any atom is 0.129 e. The molecule has 2 aromatic carbocycles. The predicted octanol–water partition coefficient (Wildman–Crippen LogP) is 3.67. The zero-order chi connectivity index (χ0) is 18.5. The number of hydrogen-bond donors (Lipinski definition) is 2. The number of fused-ring (bicyclic) bond motifs is 3. The van der Waals surface area contributed by atoms with Crippen molar-refractivity contribution in [1.29, 1.82) is 0 Å². The lowest BCUT2D eigenvalue weighted by Crippen LogP contribution is -2.49. The molecule has 0 radical (unpaired) electrons. The molecule has 3 unspecified atom stereocenters. The van der Waals surface area contributed by atoms with Gasteiger partial charge in [0.1, 0.15) is 11.6 Å². The molecule has 0 amide bonds. The minimum atomic E-state index is -0.519. The first-order valence-corrected chi connectivity index (χ1v) is 10.7. The molecule has 0 bridgehead atoms. The summed E-state index contributed by atoms with van der Waals surface area (Å²) >= 11 is 1.88. The van der Waals surface area contributed by atoms with Crippen LogP contribution in [0.3, 0.4) is 0 Å². The molecule has 27 heavy (non-hydrogen) atoms. The van der Waals surface area contributed by atoms with Crippen molar-refractivity contribution in [3.05, 3.63) is 58.7 Å². The van der Waals surface area contributed by atoms with E-state index in [1.54, 1.807) is 6.07 Å². The average molecular weight is 387 g/mol. The second-order valence-electron chi connectivity index (χ2n) is 7.80. The van der Waals surface area contributed by atoms with Crippen molar-refractivity contribution in [2.75, 3.05) is 29.5 Å². The van der Waals surface area contributed by atoms with Crippen molar-refractivity contribution in [2.24, 2.45) is 0 Å². The summed E-state index contributed by atoms with van der Waals surface area (Å²) in [6.45, 7) is 1.96. The van der Waals surface area contributed by atoms with Crippen LogP contribution in [-0.2, 0) is 12.2 Å². The van der Waals surface area contributed by atoms with Crippen molar-refractivity contribution in [1.82, 2.24) is 5.32 Å². The molecule has 0 saturated carbocycles. The highest BCUT2D eigenvalue weighted by Crippen LogP contribution is 2.50. The van der Waals surface area contributed by atoms with Gasteiger partial charge in [-0.05, 0) is 54.3 Å². The van der Waals surface area contributed by atoms with Gasteiger partial charge in [0.25, 0.3) is 0 Å². The lowest BCUT2D eigenvalue weighted by molar-refractivity contribution is 0.385. The molecule has 3 atom stereocenters. The van der Waals surface area contributed by atoms with Crippen molar-refractivity contribution in [3.63, 3.8) is 0 Å². The number of anilines is 2. The van der Waals surface area contributed by atoms with Gasteiger partial charge in [0.05, 0.1) is 0 Å². The van der Waals surface area contributed by atoms with Crippen LogP contribution in [0.5, 0.6) is 0 Å². The van der Waals surface area contributed by atoms with Gasteiger partial charge in [-0.3, -0.25) is 0 Å². The number of thioether (sulfide) groups is 1. The summed E-state index contributed by atoms with van der Waals surface area (Å²) in [5, 5.41) is 3.52. The van der Waals surface area contributed by atoms with Crippen LogP contribution in [0.2, 0.25) is 0 Å². The Labute approximate surface area is 162 Å². The molecule has 3 heterocycles. The first-order chi connectivity index (χ1) is 13.1. The zero-order valence-corrected chi connectivity index (χ0v) is 15.9. The molecule has 1 saturated heterocycles. The fourth-order valence-corrected chi connectivity index (χ4v) is 6.16. The molecule has 3 aliphatic heterocycles. The number of nitrogens with zero attached hydrogens (tertiary/aromatic N) is 1. The normalized spacial score (nSPS) is 26.4. The number of rotatable bonds is 2. The molecule has 3 nitrogen and oxygen atoms in total. The van der Waals surface area contributed by atoms with E-state index in [0.717, 1.165) is 42.8 Å². The fraction of sp³-hybridized carbons (Fsp3) is 0.429. The number of hydrogen-bond acceptors (Lipinski definition) is 4. The maximum atomic E-state index is 14.3. The average Bonchev–Trinajstić information content (AvgIpc) is 2.86. The third kappa shape index (κ3) is 2.90. The second-order valence-corrected chi connectivity index (χ2v) is 8.83. The second kappa shape index (κ2) is 6.67. The van der Waals surface area contributed by atoms with Crippen molar-refractivity contribution >= 4 is 23.1 Å². The van der Waals surface area contributed by atoms with E-state index < -0.39 is 11.6 Å². The van der Waals surface area contributed by atoms with Crippen LogP contribution in [0.25, 0.3) is 0 Å². The monoisotopic (exact) mass is 387 g/mol. The third-order valence-corrected chi connectivity index (χ3v) is 7.27. The summed E-state index contributed by atoms with van der Waals surface area (Å²) in [5.74, 6) is 1.33. The zero-order valence-electron chi connectivity index (χ0n) is 15.1. The number of halogens is 2. The number of benzene rings is 2. The maximum absolute atomic E-state index is 14.3. The van der Waals surface area contributed by atoms with Crippen LogP contribution >= 0.6 is 11.8 Å². The van der Waals surface area contributed by atoms with E-state index in [9.17, 15) is 8.78 Å². The van der Waals surface area contributed by atoms with Gasteiger partial charge >= 0.3 is 0 Å². The number of nitrogens with two attached hydrogens (primary N) is 1. The topological polar surface area (TPSA) is 41.3 Å². The molecule has 0 aromatic heterocycles. The van der Waals surface area contributed by atoms with Crippen LogP contribution in [-0.4, -0.2) is 30.9 Å². The Morgan fingerprint density at radius 2 is 2.11 bits per heavy atom. The molecular formula is C21H23F2N3S. The lowest BCUT2D eigenvalue weighted by Gasteiger charge is -2.39. The van der Waals surface area contributed by atoms with E-state index in [1.807, 2.05) is 11.8 Å². The summed E-state index contributed by atoms with van der Waals surface area (Å²) in [7, 11) is 0. The molecule has 3 N–H and O–H groups in total. The predicted molar refractivity (Wildman–Crippen MR) is 107 cm³/mol. The molecule has 3 aliphatic rings. The molecular weight excluding hydrogens is 364 g/mol. The summed E-state index contributed by atoms with van der Waals surface area (Å²) in [5.41, 5.74) is 11.6. The minimum absolute atomic E-state index is 0.201. The Morgan fingerprint density at radius 3 is 2.96 bits per heavy atom. The van der Waals surface area contributed by atoms with E-state index in [2.05, 4.69) is 22.3 Å². The smallest absolute Gasteiger partial charge is 0.129 e. The van der Waals surface area contributed by atoms with E-state index in [4.69, 9.17) is 5.73 Å². The summed E-state index contributed by atoms with van der Waals surface area (Å²) in [6.07, 6.45) is 1.67. The van der Waals surface area contributed by atoms with Crippen LogP contribution in [0.4, 0.5) is 20.2 Å². The van der Waals surface area contributed by atoms with Gasteiger partial charge in [-0.15, -0.1) is 0 Å². The molecule has 6 heteroatoms. The van der Waals surface area contributed by atoms with E-state index in [-0.39, 0.29) is 6.04 Å². The standard InChI is InChI=1S/C21H23F2N3S/c22-14-2-1-12(19(23)7-14)6-16-11-27-10-13-5-15(24)8-17-18-9-25-4-3-20(18)26(16)21(13)17/h1-2,5,7-8,16,18,20,25H,3-4,6,9-11,24H2. The van der Waals surface area contributed by atoms with Gasteiger partial charge in [0.2, 0.25) is 0 Å². The van der Waals surface area contributed by atoms with Gasteiger partial charge in [-0.25, -0.2) is 8.78 Å². The first kappa shape index (κ1) is 17.3. The van der Waals surface area contributed by atoms with Crippen LogP contribution < -0.4 is 16.0 Å². The van der Waals surface area contributed by atoms with Crippen LogP contribution in [0.15, 0.2) is 30.3 Å². The van der Waals surface area contributed by atoms with Gasteiger partial charge in [0.15, 0.2) is 0 Å². The van der Waals surface area contributed by atoms with Gasteiger partial charge in [-0.2, -0.15) is 11.8 Å². The number of nitrogens with one attached hydrogen (secondary N) is 1. The number of nitrogen functional groups attached to an aromatic ring is 1. The van der Waals surface area contributed by atoms with Gasteiger partial charge in [-0.1, -0.05) is 6.07 Å². The van der Waals surface area contributed by atoms with Crippen molar-refractivity contribution < 1.29 is 8.78 Å². The van der Waals surface area contributed by atoms with Gasteiger partial charge < -0.3 is 16.0 Å². The highest BCUT2D eigenvalue weighted by molar-refractivity contribution is 7.98. The molecule has 142 valence electrons. The highest BCUT2D eigenvalue weighted by atomic mass is 32.2. The van der Waals surface area contributed by atoms with Crippen molar-refractivity contribution in [3.8, 4) is 0 Å². The fourth-order valence-electron chi connectivity index (χ4n) is 5.05. The van der Waals surface area contributed by atoms with E-state index in [0.29, 0.717) is 23.9 Å². The Kier molecular flexibility index (Phi) is 4.28. The summed E-state index contributed by atoms with van der Waals surface area (Å²) in [4.78, 5) is 2.55. The van der Waals surface area contributed by atoms with Gasteiger partial charge in [0, 0.05) is 53.5 Å². The molecule has 0 aliphatic carbocycles. The molecule has 2 aromatic rings. The Hall–Kier alpha value is -1.79. The van der Waals surface area contributed by atoms with E-state index in [1.165, 1.54) is 22.9 Å². The SMILES string of the molecule is Nc1cc2c3c(c1)C1CNCCC1N3C(Cc1ccc(F)cc1F)CSC2. The summed E-state index contributed by atoms with van der Waals surface area (Å²) in [6, 6.07) is 8.82. The van der Waals surface area contributed by atoms with Crippen LogP contribution in [0.1, 0.15) is 29.0 Å². The molecule has 1 fully saturated rings. The minimum Gasteiger partial charge on any atom is -0.399 e. The summed E-state index contributed by atoms with van der Waals surface area (Å²) < 4.78 is 27.7. The van der Waals surface area contributed by atoms with Crippen LogP contribution in [0, 0.1) is 11.6 Å². The molecule has 5 rings (SSSR count).